The van der Waals surface area contributed by atoms with Gasteiger partial charge in [0.25, 0.3) is 0 Å². The van der Waals surface area contributed by atoms with Crippen LogP contribution < -0.4 is 4.73 Å². The van der Waals surface area contributed by atoms with Crippen LogP contribution in [0.2, 0.25) is 0 Å². The molecule has 0 saturated heterocycles. The highest BCUT2D eigenvalue weighted by atomic mass is 19.4. The second-order valence-electron chi connectivity index (χ2n) is 1.94. The number of alkyl halides is 3. The van der Waals surface area contributed by atoms with E-state index < -0.39 is 11.7 Å². The Morgan fingerprint density at radius 2 is 1.64 bits per heavy atom. The van der Waals surface area contributed by atoms with Crippen molar-refractivity contribution in [3.63, 3.8) is 0 Å². The largest absolute Gasteiger partial charge is 0.619 e. The lowest BCUT2D eigenvalue weighted by atomic mass is 10.3. The maximum absolute atomic E-state index is 11.8. The Labute approximate surface area is 60.5 Å². The summed E-state index contributed by atoms with van der Waals surface area (Å²) in [6, 6.07) is 1.46. The van der Waals surface area contributed by atoms with E-state index in [-0.39, 0.29) is 0 Å². The maximum Gasteiger partial charge on any atom is 0.416 e. The first-order valence-electron chi connectivity index (χ1n) is 2.76. The molecule has 0 spiro atoms. The molecule has 0 bridgehead atoms. The molecule has 1 rings (SSSR count). The predicted molar refractivity (Wildman–Crippen MR) is 30.4 cm³/mol. The van der Waals surface area contributed by atoms with E-state index >= 15 is 0 Å². The molecule has 1 aromatic heterocycles. The van der Waals surface area contributed by atoms with Crippen LogP contribution in [0.4, 0.5) is 13.2 Å². The molecule has 0 aliphatic rings. The molecular formula is C6H4F3NO. The first-order chi connectivity index (χ1) is 5.00. The van der Waals surface area contributed by atoms with Crippen LogP contribution in [0, 0.1) is 5.21 Å². The summed E-state index contributed by atoms with van der Waals surface area (Å²) >= 11 is 0. The van der Waals surface area contributed by atoms with Gasteiger partial charge in [-0.15, -0.1) is 0 Å². The molecule has 0 aliphatic heterocycles. The fraction of sp³-hybridized carbons (Fsp3) is 0.167. The van der Waals surface area contributed by atoms with Gasteiger partial charge in [0.1, 0.15) is 0 Å². The van der Waals surface area contributed by atoms with E-state index in [1.165, 1.54) is 0 Å². The zero-order chi connectivity index (χ0) is 8.48. The van der Waals surface area contributed by atoms with Crippen molar-refractivity contribution in [2.45, 2.75) is 6.18 Å². The third-order valence-corrected chi connectivity index (χ3v) is 1.13. The third-order valence-electron chi connectivity index (χ3n) is 1.13. The zero-order valence-corrected chi connectivity index (χ0v) is 5.30. The summed E-state index contributed by atoms with van der Waals surface area (Å²) in [6.07, 6.45) is -2.75. The Balaban J connectivity index is 2.99. The summed E-state index contributed by atoms with van der Waals surface area (Å²) < 4.78 is 35.7. The standard InChI is InChI=1S/C6H4F3NO/c7-6(8,9)5-1-3-10(11)4-2-5/h1-4H. The number of halogens is 3. The molecule has 0 N–H and O–H groups in total. The molecule has 0 fully saturated rings. The van der Waals surface area contributed by atoms with Crippen LogP contribution in [-0.4, -0.2) is 0 Å². The number of rotatable bonds is 0. The van der Waals surface area contributed by atoms with Gasteiger partial charge in [-0.2, -0.15) is 17.9 Å². The Hall–Kier alpha value is -1.26. The van der Waals surface area contributed by atoms with Gasteiger partial charge < -0.3 is 5.21 Å². The minimum Gasteiger partial charge on any atom is -0.619 e. The molecule has 0 radical (unpaired) electrons. The fourth-order valence-electron chi connectivity index (χ4n) is 0.602. The fourth-order valence-corrected chi connectivity index (χ4v) is 0.602. The Morgan fingerprint density at radius 1 is 1.18 bits per heavy atom. The van der Waals surface area contributed by atoms with Gasteiger partial charge in [0.05, 0.1) is 5.56 Å². The smallest absolute Gasteiger partial charge is 0.416 e. The average molecular weight is 163 g/mol. The molecule has 0 atom stereocenters. The predicted octanol–water partition coefficient (Wildman–Crippen LogP) is 1.34. The molecule has 1 aromatic rings. The molecule has 0 saturated carbocycles. The zero-order valence-electron chi connectivity index (χ0n) is 5.30. The van der Waals surface area contributed by atoms with E-state index in [1.807, 2.05) is 0 Å². The summed E-state index contributed by atoms with van der Waals surface area (Å²) in [5.74, 6) is 0. The Bertz CT molecular complexity index is 241. The van der Waals surface area contributed by atoms with Crippen LogP contribution in [0.5, 0.6) is 0 Å². The molecule has 2 nitrogen and oxygen atoms in total. The molecule has 0 unspecified atom stereocenters. The number of pyridine rings is 1. The van der Waals surface area contributed by atoms with Crippen molar-refractivity contribution in [3.8, 4) is 0 Å². The molecule has 0 amide bonds. The first-order valence-corrected chi connectivity index (χ1v) is 2.76. The number of aromatic nitrogens is 1. The van der Waals surface area contributed by atoms with Gasteiger partial charge in [-0.05, 0) is 0 Å². The van der Waals surface area contributed by atoms with Crippen LogP contribution >= 0.6 is 0 Å². The topological polar surface area (TPSA) is 26.9 Å². The summed E-state index contributed by atoms with van der Waals surface area (Å²) in [5.41, 5.74) is -0.815. The van der Waals surface area contributed by atoms with E-state index in [0.29, 0.717) is 4.73 Å². The monoisotopic (exact) mass is 163 g/mol. The highest BCUT2D eigenvalue weighted by Gasteiger charge is 2.30. The minimum atomic E-state index is -4.37. The summed E-state index contributed by atoms with van der Waals surface area (Å²) in [6.45, 7) is 0. The van der Waals surface area contributed by atoms with Crippen LogP contribution in [0.15, 0.2) is 24.5 Å². The van der Waals surface area contributed by atoms with Crippen molar-refractivity contribution in [1.82, 2.24) is 0 Å². The summed E-state index contributed by atoms with van der Waals surface area (Å²) in [7, 11) is 0. The van der Waals surface area contributed by atoms with Crippen molar-refractivity contribution in [2.24, 2.45) is 0 Å². The normalized spacial score (nSPS) is 11.5. The van der Waals surface area contributed by atoms with Crippen LogP contribution in [0.3, 0.4) is 0 Å². The molecule has 0 aliphatic carbocycles. The molecule has 1 heterocycles. The third kappa shape index (κ3) is 1.83. The van der Waals surface area contributed by atoms with Crippen LogP contribution in [0.25, 0.3) is 0 Å². The lowest BCUT2D eigenvalue weighted by Gasteiger charge is -2.04. The SMILES string of the molecule is [O-][n+]1ccc(C(F)(F)F)cc1. The van der Waals surface area contributed by atoms with Gasteiger partial charge in [-0.25, -0.2) is 0 Å². The minimum absolute atomic E-state index is 0.301. The number of hydrogen-bond donors (Lipinski definition) is 0. The maximum atomic E-state index is 11.8. The van der Waals surface area contributed by atoms with E-state index in [4.69, 9.17) is 0 Å². The van der Waals surface area contributed by atoms with Crippen LogP contribution in [-0.2, 0) is 6.18 Å². The van der Waals surface area contributed by atoms with Crippen molar-refractivity contribution in [1.29, 1.82) is 0 Å². The van der Waals surface area contributed by atoms with Gasteiger partial charge in [0.2, 0.25) is 0 Å². The summed E-state index contributed by atoms with van der Waals surface area (Å²) in [5, 5.41) is 10.3. The highest BCUT2D eigenvalue weighted by Crippen LogP contribution is 2.27. The number of hydrogen-bond acceptors (Lipinski definition) is 1. The molecule has 60 valence electrons. The molecular weight excluding hydrogens is 159 g/mol. The quantitative estimate of drug-likeness (QED) is 0.418. The van der Waals surface area contributed by atoms with Gasteiger partial charge in [-0.3, -0.25) is 0 Å². The number of nitrogens with zero attached hydrogens (tertiary/aromatic N) is 1. The van der Waals surface area contributed by atoms with E-state index in [9.17, 15) is 18.4 Å². The van der Waals surface area contributed by atoms with Crippen LogP contribution in [0.1, 0.15) is 5.56 Å². The highest BCUT2D eigenvalue weighted by molar-refractivity contribution is 5.11. The van der Waals surface area contributed by atoms with Crippen molar-refractivity contribution >= 4 is 0 Å². The van der Waals surface area contributed by atoms with Gasteiger partial charge in [-0.1, -0.05) is 0 Å². The van der Waals surface area contributed by atoms with Crippen molar-refractivity contribution in [2.75, 3.05) is 0 Å². The second-order valence-corrected chi connectivity index (χ2v) is 1.94. The lowest BCUT2D eigenvalue weighted by Crippen LogP contribution is -2.24. The van der Waals surface area contributed by atoms with Crippen molar-refractivity contribution in [3.05, 3.63) is 35.3 Å². The Morgan fingerprint density at radius 3 is 2.00 bits per heavy atom. The van der Waals surface area contributed by atoms with Gasteiger partial charge in [0.15, 0.2) is 12.4 Å². The van der Waals surface area contributed by atoms with Gasteiger partial charge in [0, 0.05) is 12.1 Å². The van der Waals surface area contributed by atoms with E-state index in [2.05, 4.69) is 0 Å². The molecule has 5 heteroatoms. The van der Waals surface area contributed by atoms with Crippen molar-refractivity contribution < 1.29 is 17.9 Å². The molecule has 11 heavy (non-hydrogen) atoms. The second kappa shape index (κ2) is 2.41. The average Bonchev–Trinajstić information content (AvgIpc) is 1.86. The Kier molecular flexibility index (Phi) is 1.72. The first kappa shape index (κ1) is 7.84. The molecule has 0 aromatic carbocycles. The van der Waals surface area contributed by atoms with E-state index in [1.54, 1.807) is 0 Å². The van der Waals surface area contributed by atoms with Gasteiger partial charge >= 0.3 is 6.18 Å². The lowest BCUT2D eigenvalue weighted by molar-refractivity contribution is -0.605. The summed E-state index contributed by atoms with van der Waals surface area (Å²) in [4.78, 5) is 0. The van der Waals surface area contributed by atoms with E-state index in [0.717, 1.165) is 24.5 Å².